The number of aromatic nitrogens is 2. The third kappa shape index (κ3) is 3.69. The number of halogens is 1. The van der Waals surface area contributed by atoms with Gasteiger partial charge in [0.1, 0.15) is 12.4 Å². The van der Waals surface area contributed by atoms with Crippen LogP contribution in [0.15, 0.2) is 18.7 Å². The third-order valence-electron chi connectivity index (χ3n) is 2.98. The predicted molar refractivity (Wildman–Crippen MR) is 61.0 cm³/mol. The molecule has 17 heavy (non-hydrogen) atoms. The zero-order chi connectivity index (χ0) is 11.5. The minimum atomic E-state index is 0. The van der Waals surface area contributed by atoms with E-state index < -0.39 is 0 Å². The van der Waals surface area contributed by atoms with Gasteiger partial charge in [0.05, 0.1) is 7.05 Å². The smallest absolute Gasteiger partial charge is 0.416 e. The van der Waals surface area contributed by atoms with Crippen molar-refractivity contribution in [2.24, 2.45) is 7.05 Å². The Morgan fingerprint density at radius 3 is 2.71 bits per heavy atom. The van der Waals surface area contributed by atoms with Gasteiger partial charge in [0, 0.05) is 12.6 Å². The van der Waals surface area contributed by atoms with E-state index in [0.29, 0.717) is 6.04 Å². The zero-order valence-corrected chi connectivity index (χ0v) is 12.6. The number of carbonyl (C=O) groups excluding carboxylic acids is 1. The number of hydrogen-bond acceptors (Lipinski definition) is 1. The molecule has 0 N–H and O–H groups in total. The number of hydrogen-bond donors (Lipinski definition) is 0. The molecule has 1 heterocycles. The van der Waals surface area contributed by atoms with Crippen LogP contribution in [0.5, 0.6) is 0 Å². The number of imidazole rings is 1. The van der Waals surface area contributed by atoms with Crippen LogP contribution >= 0.6 is 0 Å². The molecule has 96 valence electrons. The minimum Gasteiger partial charge on any atom is -1.00 e. The Kier molecular flexibility index (Phi) is 5.42. The van der Waals surface area contributed by atoms with Crippen molar-refractivity contribution in [1.29, 1.82) is 0 Å². The van der Waals surface area contributed by atoms with Crippen molar-refractivity contribution in [2.45, 2.75) is 38.6 Å². The summed E-state index contributed by atoms with van der Waals surface area (Å²) < 4.78 is 3.57. The summed E-state index contributed by atoms with van der Waals surface area (Å²) in [5.74, 6) is 0. The molecule has 0 aliphatic heterocycles. The molecule has 1 aromatic heterocycles. The second-order valence-electron chi connectivity index (χ2n) is 4.55. The molecule has 1 saturated carbocycles. The molecule has 1 amide bonds. The fourth-order valence-electron chi connectivity index (χ4n) is 1.86. The summed E-state index contributed by atoms with van der Waals surface area (Å²) in [5.41, 5.74) is 0. The van der Waals surface area contributed by atoms with Crippen LogP contribution in [0.2, 0.25) is 0 Å². The number of carbonyl (C=O) groups is 1. The van der Waals surface area contributed by atoms with Crippen LogP contribution < -0.4 is 28.5 Å². The minimum absolute atomic E-state index is 0. The lowest BCUT2D eigenvalue weighted by Crippen LogP contribution is -3.00. The van der Waals surface area contributed by atoms with Gasteiger partial charge in [-0.1, -0.05) is 13.3 Å². The number of unbranched alkanes of at least 4 members (excludes halogenated alkanes) is 1. The monoisotopic (exact) mass is 349 g/mol. The van der Waals surface area contributed by atoms with Gasteiger partial charge >= 0.3 is 6.03 Å². The molecule has 1 fully saturated rings. The molecule has 5 heteroatoms. The Morgan fingerprint density at radius 1 is 1.53 bits per heavy atom. The van der Waals surface area contributed by atoms with E-state index in [-0.39, 0.29) is 30.0 Å². The van der Waals surface area contributed by atoms with Crippen LogP contribution in [0.25, 0.3) is 0 Å². The molecule has 0 spiro atoms. The molecule has 1 aliphatic carbocycles. The van der Waals surface area contributed by atoms with E-state index in [9.17, 15) is 4.79 Å². The van der Waals surface area contributed by atoms with E-state index >= 15 is 0 Å². The Labute approximate surface area is 120 Å². The second-order valence-corrected chi connectivity index (χ2v) is 4.55. The normalized spacial score (nSPS) is 14.2. The van der Waals surface area contributed by atoms with Gasteiger partial charge in [0.25, 0.3) is 6.33 Å². The summed E-state index contributed by atoms with van der Waals surface area (Å²) in [5, 5.41) is 0. The molecule has 0 radical (unpaired) electrons. The molecule has 0 unspecified atom stereocenters. The molecular formula is C12H20IN3O. The Balaban J connectivity index is 0.00000144. The first-order valence-corrected chi connectivity index (χ1v) is 6.06. The lowest BCUT2D eigenvalue weighted by molar-refractivity contribution is -0.670. The number of rotatable bonds is 4. The molecule has 2 rings (SSSR count). The van der Waals surface area contributed by atoms with Crippen LogP contribution in [0.4, 0.5) is 4.79 Å². The standard InChI is InChI=1S/C12H20N3O.HI/c1-3-4-7-15(11-5-6-11)12(16)14-9-8-13(2)10-14;/h8-11H,3-7H2,1-2H3;1H/q+1;/p-1. The molecular weight excluding hydrogens is 329 g/mol. The Hall–Kier alpha value is -0.590. The van der Waals surface area contributed by atoms with Crippen LogP contribution in [0.3, 0.4) is 0 Å². The highest BCUT2D eigenvalue weighted by Crippen LogP contribution is 2.27. The maximum Gasteiger partial charge on any atom is 0.416 e. The van der Waals surface area contributed by atoms with Crippen molar-refractivity contribution >= 4 is 6.03 Å². The van der Waals surface area contributed by atoms with E-state index in [1.807, 2.05) is 35.2 Å². The van der Waals surface area contributed by atoms with Crippen molar-refractivity contribution < 1.29 is 33.3 Å². The topological polar surface area (TPSA) is 29.1 Å². The average molecular weight is 349 g/mol. The van der Waals surface area contributed by atoms with Crippen molar-refractivity contribution in [1.82, 2.24) is 9.47 Å². The summed E-state index contributed by atoms with van der Waals surface area (Å²) in [6.45, 7) is 3.05. The van der Waals surface area contributed by atoms with Crippen LogP contribution in [-0.4, -0.2) is 28.1 Å². The molecule has 0 aromatic carbocycles. The van der Waals surface area contributed by atoms with E-state index in [0.717, 1.165) is 19.4 Å². The highest BCUT2D eigenvalue weighted by Gasteiger charge is 2.34. The lowest BCUT2D eigenvalue weighted by Gasteiger charge is -2.18. The van der Waals surface area contributed by atoms with E-state index in [1.54, 1.807) is 4.57 Å². The quantitative estimate of drug-likeness (QED) is 0.483. The predicted octanol–water partition coefficient (Wildman–Crippen LogP) is -1.45. The zero-order valence-electron chi connectivity index (χ0n) is 10.5. The summed E-state index contributed by atoms with van der Waals surface area (Å²) in [7, 11) is 1.93. The summed E-state index contributed by atoms with van der Waals surface area (Å²) in [4.78, 5) is 14.2. The molecule has 0 atom stereocenters. The fraction of sp³-hybridized carbons (Fsp3) is 0.667. The Bertz CT molecular complexity index is 374. The van der Waals surface area contributed by atoms with Crippen LogP contribution in [-0.2, 0) is 7.05 Å². The van der Waals surface area contributed by atoms with Crippen molar-refractivity contribution in [3.05, 3.63) is 18.7 Å². The summed E-state index contributed by atoms with van der Waals surface area (Å²) in [6.07, 6.45) is 10.1. The maximum absolute atomic E-state index is 12.2. The van der Waals surface area contributed by atoms with Crippen LogP contribution in [0.1, 0.15) is 32.6 Å². The lowest BCUT2D eigenvalue weighted by atomic mass is 10.3. The number of amides is 1. The van der Waals surface area contributed by atoms with Crippen molar-refractivity contribution in [3.63, 3.8) is 0 Å². The first-order valence-electron chi connectivity index (χ1n) is 6.06. The number of aryl methyl sites for hydroxylation is 1. The molecule has 1 aliphatic rings. The Morgan fingerprint density at radius 2 is 2.24 bits per heavy atom. The van der Waals surface area contributed by atoms with Gasteiger partial charge in [-0.15, -0.1) is 0 Å². The van der Waals surface area contributed by atoms with Gasteiger partial charge in [-0.05, 0) is 19.3 Å². The summed E-state index contributed by atoms with van der Waals surface area (Å²) in [6, 6.07) is 0.614. The van der Waals surface area contributed by atoms with Gasteiger partial charge in [0.15, 0.2) is 0 Å². The van der Waals surface area contributed by atoms with Crippen molar-refractivity contribution in [2.75, 3.05) is 6.54 Å². The number of nitrogens with zero attached hydrogens (tertiary/aromatic N) is 3. The maximum atomic E-state index is 12.2. The van der Waals surface area contributed by atoms with Gasteiger partial charge in [-0.2, -0.15) is 4.57 Å². The third-order valence-corrected chi connectivity index (χ3v) is 2.98. The van der Waals surface area contributed by atoms with E-state index in [2.05, 4.69) is 6.92 Å². The van der Waals surface area contributed by atoms with Gasteiger partial charge in [0.2, 0.25) is 0 Å². The molecule has 0 bridgehead atoms. The highest BCUT2D eigenvalue weighted by atomic mass is 127. The van der Waals surface area contributed by atoms with E-state index in [1.165, 1.54) is 12.8 Å². The SMILES string of the molecule is CCCCN(C(=O)n1cc[n+](C)c1)C1CC1.[I-]. The van der Waals surface area contributed by atoms with Gasteiger partial charge < -0.3 is 28.9 Å². The first-order chi connectivity index (χ1) is 7.72. The molecule has 4 nitrogen and oxygen atoms in total. The molecule has 0 saturated heterocycles. The highest BCUT2D eigenvalue weighted by molar-refractivity contribution is 5.77. The second kappa shape index (κ2) is 6.37. The van der Waals surface area contributed by atoms with Gasteiger partial charge in [-0.25, -0.2) is 9.36 Å². The first kappa shape index (κ1) is 14.5. The van der Waals surface area contributed by atoms with Crippen molar-refractivity contribution in [3.8, 4) is 0 Å². The average Bonchev–Trinajstić information content (AvgIpc) is 3.01. The molecule has 1 aromatic rings. The summed E-state index contributed by atoms with van der Waals surface area (Å²) >= 11 is 0. The largest absolute Gasteiger partial charge is 1.00 e. The van der Waals surface area contributed by atoms with Gasteiger partial charge in [-0.3, -0.25) is 0 Å². The van der Waals surface area contributed by atoms with E-state index in [4.69, 9.17) is 0 Å². The van der Waals surface area contributed by atoms with Crippen LogP contribution in [0, 0.1) is 0 Å². The fourth-order valence-corrected chi connectivity index (χ4v) is 1.86.